The normalized spacial score (nSPS) is 13.1. The van der Waals surface area contributed by atoms with Crippen LogP contribution in [0.3, 0.4) is 0 Å². The Morgan fingerprint density at radius 1 is 1.30 bits per heavy atom. The van der Waals surface area contributed by atoms with Crippen molar-refractivity contribution in [2.75, 3.05) is 0 Å². The Balaban J connectivity index is 1.99. The molecule has 0 aromatic carbocycles. The van der Waals surface area contributed by atoms with Gasteiger partial charge in [0.15, 0.2) is 0 Å². The van der Waals surface area contributed by atoms with Crippen molar-refractivity contribution < 1.29 is 4.57 Å². The SMILES string of the molecule is C[n+]1c2n(c3c4ncccc4sc31)Cc1ccncc1-2. The Kier molecular flexibility index (Phi) is 1.80. The molecular formula is C15H11N4S+. The minimum atomic E-state index is 0.910. The molecule has 4 aromatic rings. The highest BCUT2D eigenvalue weighted by Gasteiger charge is 2.35. The van der Waals surface area contributed by atoms with E-state index in [4.69, 9.17) is 0 Å². The predicted octanol–water partition coefficient (Wildman–Crippen LogP) is 2.50. The second kappa shape index (κ2) is 3.43. The summed E-state index contributed by atoms with van der Waals surface area (Å²) in [6, 6.07) is 6.25. The first-order chi connectivity index (χ1) is 9.84. The van der Waals surface area contributed by atoms with E-state index in [1.165, 1.54) is 32.0 Å². The molecular weight excluding hydrogens is 268 g/mol. The fraction of sp³-hybridized carbons (Fsp3) is 0.133. The quantitative estimate of drug-likeness (QED) is 0.408. The molecule has 0 spiro atoms. The van der Waals surface area contributed by atoms with Crippen molar-refractivity contribution in [1.82, 2.24) is 14.5 Å². The zero-order valence-corrected chi connectivity index (χ0v) is 11.7. The first kappa shape index (κ1) is 10.5. The van der Waals surface area contributed by atoms with Crippen molar-refractivity contribution in [3.05, 3.63) is 42.4 Å². The van der Waals surface area contributed by atoms with E-state index >= 15 is 0 Å². The third-order valence-electron chi connectivity index (χ3n) is 4.03. The second-order valence-electron chi connectivity index (χ2n) is 5.11. The van der Waals surface area contributed by atoms with Crippen LogP contribution in [0.1, 0.15) is 5.56 Å². The number of aryl methyl sites for hydroxylation is 1. The fourth-order valence-corrected chi connectivity index (χ4v) is 4.30. The zero-order valence-electron chi connectivity index (χ0n) is 10.9. The van der Waals surface area contributed by atoms with E-state index in [0.717, 1.165) is 12.1 Å². The third-order valence-corrected chi connectivity index (χ3v) is 5.24. The summed E-state index contributed by atoms with van der Waals surface area (Å²) in [4.78, 5) is 10.1. The Hall–Kier alpha value is -2.27. The minimum Gasteiger partial charge on any atom is -0.264 e. The number of rotatable bonds is 0. The summed E-state index contributed by atoms with van der Waals surface area (Å²) in [6.07, 6.45) is 5.71. The largest absolute Gasteiger partial charge is 0.292 e. The Morgan fingerprint density at radius 3 is 3.20 bits per heavy atom. The lowest BCUT2D eigenvalue weighted by molar-refractivity contribution is -0.631. The van der Waals surface area contributed by atoms with Crippen LogP contribution in [0, 0.1) is 0 Å². The molecule has 0 N–H and O–H groups in total. The van der Waals surface area contributed by atoms with Gasteiger partial charge in [-0.3, -0.25) is 9.97 Å². The van der Waals surface area contributed by atoms with Crippen molar-refractivity contribution >= 4 is 31.9 Å². The molecule has 0 amide bonds. The smallest absolute Gasteiger partial charge is 0.264 e. The molecule has 0 aliphatic carbocycles. The number of imidazole rings is 1. The number of nitrogens with zero attached hydrogens (tertiary/aromatic N) is 4. The standard InChI is InChI=1S/C15H11N4S/c1-18-14-10-7-16-6-4-9(10)8-19(14)13-12-11(20-15(13)18)3-2-5-17-12/h2-7H,8H2,1H3/q+1. The molecule has 0 unspecified atom stereocenters. The number of thiophene rings is 1. The van der Waals surface area contributed by atoms with Gasteiger partial charge in [-0.25, -0.2) is 9.13 Å². The molecule has 1 aliphatic heterocycles. The molecule has 0 radical (unpaired) electrons. The van der Waals surface area contributed by atoms with Gasteiger partial charge < -0.3 is 0 Å². The van der Waals surface area contributed by atoms with Gasteiger partial charge in [-0.05, 0) is 18.2 Å². The highest BCUT2D eigenvalue weighted by molar-refractivity contribution is 7.25. The van der Waals surface area contributed by atoms with Gasteiger partial charge in [0, 0.05) is 24.2 Å². The summed E-state index contributed by atoms with van der Waals surface area (Å²) in [5.74, 6) is 1.24. The second-order valence-corrected chi connectivity index (χ2v) is 6.14. The summed E-state index contributed by atoms with van der Waals surface area (Å²) < 4.78 is 5.89. The summed E-state index contributed by atoms with van der Waals surface area (Å²) >= 11 is 1.81. The van der Waals surface area contributed by atoms with Gasteiger partial charge in [-0.15, -0.1) is 0 Å². The molecule has 5 rings (SSSR count). The van der Waals surface area contributed by atoms with E-state index in [0.29, 0.717) is 0 Å². The van der Waals surface area contributed by atoms with Crippen LogP contribution in [0.25, 0.3) is 32.0 Å². The monoisotopic (exact) mass is 279 g/mol. The number of fused-ring (bicyclic) bond motifs is 7. The highest BCUT2D eigenvalue weighted by atomic mass is 32.1. The van der Waals surface area contributed by atoms with Crippen LogP contribution in [0.15, 0.2) is 36.8 Å². The summed E-state index contributed by atoms with van der Waals surface area (Å²) in [5, 5.41) is 0. The summed E-state index contributed by atoms with van der Waals surface area (Å²) in [5.41, 5.74) is 4.93. The lowest BCUT2D eigenvalue weighted by atomic mass is 10.2. The zero-order chi connectivity index (χ0) is 13.3. The van der Waals surface area contributed by atoms with Gasteiger partial charge in [0.1, 0.15) is 12.1 Å². The van der Waals surface area contributed by atoms with Gasteiger partial charge in [0.25, 0.3) is 5.82 Å². The van der Waals surface area contributed by atoms with Gasteiger partial charge in [-0.1, -0.05) is 11.3 Å². The van der Waals surface area contributed by atoms with Crippen LogP contribution in [0.2, 0.25) is 0 Å². The average Bonchev–Trinajstić information content (AvgIpc) is 3.10. The van der Waals surface area contributed by atoms with Crippen LogP contribution in [0.5, 0.6) is 0 Å². The Morgan fingerprint density at radius 2 is 2.25 bits per heavy atom. The molecule has 0 fully saturated rings. The summed E-state index contributed by atoms with van der Waals surface area (Å²) in [6.45, 7) is 0.910. The maximum atomic E-state index is 4.58. The molecule has 0 atom stereocenters. The number of aromatic nitrogens is 4. The lowest BCUT2D eigenvalue weighted by Crippen LogP contribution is -2.28. The highest BCUT2D eigenvalue weighted by Crippen LogP contribution is 2.38. The lowest BCUT2D eigenvalue weighted by Gasteiger charge is -1.93. The van der Waals surface area contributed by atoms with Crippen LogP contribution >= 0.6 is 11.3 Å². The van der Waals surface area contributed by atoms with Crippen molar-refractivity contribution in [1.29, 1.82) is 0 Å². The molecule has 0 saturated heterocycles. The van der Waals surface area contributed by atoms with E-state index < -0.39 is 0 Å². The summed E-state index contributed by atoms with van der Waals surface area (Å²) in [7, 11) is 2.13. The molecule has 20 heavy (non-hydrogen) atoms. The van der Waals surface area contributed by atoms with E-state index in [9.17, 15) is 0 Å². The molecule has 5 heterocycles. The number of hydrogen-bond donors (Lipinski definition) is 0. The maximum Gasteiger partial charge on any atom is 0.292 e. The predicted molar refractivity (Wildman–Crippen MR) is 78.6 cm³/mol. The molecule has 96 valence electrons. The van der Waals surface area contributed by atoms with Crippen LogP contribution in [-0.4, -0.2) is 14.5 Å². The minimum absolute atomic E-state index is 0.910. The Bertz CT molecular complexity index is 996. The van der Waals surface area contributed by atoms with Crippen molar-refractivity contribution in [2.45, 2.75) is 6.54 Å². The topological polar surface area (TPSA) is 34.6 Å². The van der Waals surface area contributed by atoms with Gasteiger partial charge in [-0.2, -0.15) is 0 Å². The van der Waals surface area contributed by atoms with Crippen LogP contribution in [0.4, 0.5) is 0 Å². The van der Waals surface area contributed by atoms with Crippen LogP contribution < -0.4 is 4.57 Å². The third kappa shape index (κ3) is 1.10. The maximum absolute atomic E-state index is 4.58. The van der Waals surface area contributed by atoms with Crippen LogP contribution in [-0.2, 0) is 13.6 Å². The van der Waals surface area contributed by atoms with Crippen molar-refractivity contribution in [2.24, 2.45) is 7.05 Å². The van der Waals surface area contributed by atoms with Gasteiger partial charge >= 0.3 is 0 Å². The van der Waals surface area contributed by atoms with E-state index in [1.54, 1.807) is 11.3 Å². The molecule has 4 aromatic heterocycles. The Labute approximate surface area is 119 Å². The first-order valence-corrected chi connectivity index (χ1v) is 7.35. The molecule has 0 saturated carbocycles. The number of hydrogen-bond acceptors (Lipinski definition) is 3. The van der Waals surface area contributed by atoms with E-state index in [2.05, 4.69) is 38.3 Å². The molecule has 1 aliphatic rings. The molecule has 0 bridgehead atoms. The van der Waals surface area contributed by atoms with Gasteiger partial charge in [0.05, 0.1) is 17.3 Å². The molecule has 4 nitrogen and oxygen atoms in total. The number of pyridine rings is 2. The average molecular weight is 279 g/mol. The van der Waals surface area contributed by atoms with Gasteiger partial charge in [0.2, 0.25) is 10.3 Å². The van der Waals surface area contributed by atoms with E-state index in [-0.39, 0.29) is 0 Å². The molecule has 5 heteroatoms. The van der Waals surface area contributed by atoms with Crippen molar-refractivity contribution in [3.8, 4) is 11.4 Å². The van der Waals surface area contributed by atoms with Crippen molar-refractivity contribution in [3.63, 3.8) is 0 Å². The fourth-order valence-electron chi connectivity index (χ4n) is 3.17. The first-order valence-electron chi connectivity index (χ1n) is 6.53. The van der Waals surface area contributed by atoms with E-state index in [1.807, 2.05) is 24.7 Å².